The third-order valence-electron chi connectivity index (χ3n) is 2.82. The number of benzene rings is 2. The molecule has 0 saturated heterocycles. The van der Waals surface area contributed by atoms with Crippen molar-refractivity contribution in [3.63, 3.8) is 0 Å². The summed E-state index contributed by atoms with van der Waals surface area (Å²) >= 11 is 5.77. The highest BCUT2D eigenvalue weighted by molar-refractivity contribution is 6.32. The molecule has 3 nitrogen and oxygen atoms in total. The summed E-state index contributed by atoms with van der Waals surface area (Å²) in [5.74, 6) is 0.0121. The van der Waals surface area contributed by atoms with Crippen LogP contribution in [0.5, 0.6) is 5.75 Å². The molecule has 0 spiro atoms. The lowest BCUT2D eigenvalue weighted by Gasteiger charge is -2.10. The van der Waals surface area contributed by atoms with Gasteiger partial charge in [-0.1, -0.05) is 29.8 Å². The standard InChI is InChI=1S/C15H14ClNO2/c1-17(2)15(19)11-5-3-10(4-6-11)12-7-8-13(16)14(18)9-12/h3-9,18H,1-2H3. The van der Waals surface area contributed by atoms with Crippen molar-refractivity contribution in [3.8, 4) is 16.9 Å². The molecule has 1 amide bonds. The van der Waals surface area contributed by atoms with Crippen LogP contribution in [0.3, 0.4) is 0 Å². The Balaban J connectivity index is 2.32. The fraction of sp³-hybridized carbons (Fsp3) is 0.133. The first kappa shape index (κ1) is 13.4. The Morgan fingerprint density at radius 3 is 2.16 bits per heavy atom. The second kappa shape index (κ2) is 5.33. The maximum Gasteiger partial charge on any atom is 0.253 e. The fourth-order valence-electron chi connectivity index (χ4n) is 1.76. The number of halogens is 1. The number of hydrogen-bond donors (Lipinski definition) is 1. The van der Waals surface area contributed by atoms with Gasteiger partial charge in [-0.3, -0.25) is 4.79 Å². The van der Waals surface area contributed by atoms with E-state index in [1.54, 1.807) is 38.4 Å². The van der Waals surface area contributed by atoms with E-state index in [1.165, 1.54) is 4.90 Å². The van der Waals surface area contributed by atoms with Gasteiger partial charge in [0, 0.05) is 19.7 Å². The first-order valence-corrected chi connectivity index (χ1v) is 6.17. The molecule has 0 atom stereocenters. The first-order chi connectivity index (χ1) is 8.99. The Morgan fingerprint density at radius 1 is 1.05 bits per heavy atom. The van der Waals surface area contributed by atoms with E-state index in [2.05, 4.69) is 0 Å². The summed E-state index contributed by atoms with van der Waals surface area (Å²) in [5.41, 5.74) is 2.40. The maximum atomic E-state index is 11.8. The summed E-state index contributed by atoms with van der Waals surface area (Å²) in [5, 5.41) is 9.91. The molecule has 0 heterocycles. The van der Waals surface area contributed by atoms with Gasteiger partial charge in [-0.2, -0.15) is 0 Å². The van der Waals surface area contributed by atoms with Crippen LogP contribution in [0.4, 0.5) is 0 Å². The summed E-state index contributed by atoms with van der Waals surface area (Å²) in [6, 6.07) is 12.3. The van der Waals surface area contributed by atoms with E-state index in [0.29, 0.717) is 10.6 Å². The van der Waals surface area contributed by atoms with Crippen LogP contribution in [0.2, 0.25) is 5.02 Å². The van der Waals surface area contributed by atoms with Crippen LogP contribution in [0.25, 0.3) is 11.1 Å². The van der Waals surface area contributed by atoms with Crippen molar-refractivity contribution >= 4 is 17.5 Å². The average molecular weight is 276 g/mol. The molecule has 0 fully saturated rings. The van der Waals surface area contributed by atoms with Gasteiger partial charge in [0.2, 0.25) is 0 Å². The quantitative estimate of drug-likeness (QED) is 0.912. The summed E-state index contributed by atoms with van der Waals surface area (Å²) in [7, 11) is 3.43. The molecule has 2 rings (SSSR count). The monoisotopic (exact) mass is 275 g/mol. The molecule has 0 bridgehead atoms. The minimum Gasteiger partial charge on any atom is -0.506 e. The SMILES string of the molecule is CN(C)C(=O)c1ccc(-c2ccc(Cl)c(O)c2)cc1. The van der Waals surface area contributed by atoms with E-state index in [1.807, 2.05) is 18.2 Å². The minimum atomic E-state index is -0.0366. The summed E-state index contributed by atoms with van der Waals surface area (Å²) in [4.78, 5) is 13.3. The molecule has 1 N–H and O–H groups in total. The third kappa shape index (κ3) is 2.88. The van der Waals surface area contributed by atoms with E-state index in [-0.39, 0.29) is 11.7 Å². The number of phenolic OH excluding ortho intramolecular Hbond substituents is 1. The Bertz CT molecular complexity index is 606. The van der Waals surface area contributed by atoms with Crippen molar-refractivity contribution in [1.82, 2.24) is 4.90 Å². The summed E-state index contributed by atoms with van der Waals surface area (Å²) in [6.45, 7) is 0. The molecule has 0 aliphatic heterocycles. The van der Waals surface area contributed by atoms with E-state index in [9.17, 15) is 9.90 Å². The van der Waals surface area contributed by atoms with Crippen molar-refractivity contribution in [1.29, 1.82) is 0 Å². The highest BCUT2D eigenvalue weighted by Crippen LogP contribution is 2.29. The Kier molecular flexibility index (Phi) is 3.76. The van der Waals surface area contributed by atoms with Crippen molar-refractivity contribution in [3.05, 3.63) is 53.1 Å². The van der Waals surface area contributed by atoms with Gasteiger partial charge in [-0.15, -0.1) is 0 Å². The van der Waals surface area contributed by atoms with Crippen molar-refractivity contribution in [2.24, 2.45) is 0 Å². The van der Waals surface area contributed by atoms with Crippen LogP contribution in [-0.2, 0) is 0 Å². The zero-order chi connectivity index (χ0) is 14.0. The normalized spacial score (nSPS) is 10.3. The topological polar surface area (TPSA) is 40.5 Å². The van der Waals surface area contributed by atoms with E-state index >= 15 is 0 Å². The van der Waals surface area contributed by atoms with Gasteiger partial charge in [0.05, 0.1) is 5.02 Å². The van der Waals surface area contributed by atoms with Gasteiger partial charge in [-0.25, -0.2) is 0 Å². The van der Waals surface area contributed by atoms with Crippen molar-refractivity contribution in [2.45, 2.75) is 0 Å². The van der Waals surface area contributed by atoms with E-state index in [4.69, 9.17) is 11.6 Å². The number of rotatable bonds is 2. The lowest BCUT2D eigenvalue weighted by atomic mass is 10.0. The van der Waals surface area contributed by atoms with Gasteiger partial charge >= 0.3 is 0 Å². The largest absolute Gasteiger partial charge is 0.506 e. The number of carbonyl (C=O) groups is 1. The molecule has 0 radical (unpaired) electrons. The number of carbonyl (C=O) groups excluding carboxylic acids is 1. The van der Waals surface area contributed by atoms with Crippen LogP contribution in [-0.4, -0.2) is 30.0 Å². The molecule has 98 valence electrons. The van der Waals surface area contributed by atoms with Gasteiger partial charge in [0.15, 0.2) is 0 Å². The van der Waals surface area contributed by atoms with Crippen LogP contribution in [0.1, 0.15) is 10.4 Å². The number of nitrogens with zero attached hydrogens (tertiary/aromatic N) is 1. The molecule has 2 aromatic carbocycles. The molecule has 4 heteroatoms. The highest BCUT2D eigenvalue weighted by Gasteiger charge is 2.08. The van der Waals surface area contributed by atoms with Crippen molar-refractivity contribution < 1.29 is 9.90 Å². The van der Waals surface area contributed by atoms with Gasteiger partial charge in [0.1, 0.15) is 5.75 Å². The van der Waals surface area contributed by atoms with Gasteiger partial charge < -0.3 is 10.0 Å². The predicted molar refractivity (Wildman–Crippen MR) is 76.6 cm³/mol. The molecular weight excluding hydrogens is 262 g/mol. The average Bonchev–Trinajstić information content (AvgIpc) is 2.41. The Hall–Kier alpha value is -2.00. The molecule has 0 aliphatic rings. The lowest BCUT2D eigenvalue weighted by molar-refractivity contribution is 0.0827. The van der Waals surface area contributed by atoms with Crippen LogP contribution >= 0.6 is 11.6 Å². The van der Waals surface area contributed by atoms with Crippen LogP contribution < -0.4 is 0 Å². The third-order valence-corrected chi connectivity index (χ3v) is 3.14. The van der Waals surface area contributed by atoms with E-state index in [0.717, 1.165) is 11.1 Å². The van der Waals surface area contributed by atoms with E-state index < -0.39 is 0 Å². The Morgan fingerprint density at radius 2 is 1.63 bits per heavy atom. The number of aromatic hydroxyl groups is 1. The molecular formula is C15H14ClNO2. The lowest BCUT2D eigenvalue weighted by Crippen LogP contribution is -2.21. The predicted octanol–water partition coefficient (Wildman–Crippen LogP) is 3.41. The minimum absolute atomic E-state index is 0.0366. The number of amides is 1. The van der Waals surface area contributed by atoms with Crippen molar-refractivity contribution in [2.75, 3.05) is 14.1 Å². The summed E-state index contributed by atoms with van der Waals surface area (Å²) < 4.78 is 0. The van der Waals surface area contributed by atoms with Crippen LogP contribution in [0.15, 0.2) is 42.5 Å². The van der Waals surface area contributed by atoms with Crippen LogP contribution in [0, 0.1) is 0 Å². The maximum absolute atomic E-state index is 11.8. The summed E-state index contributed by atoms with van der Waals surface area (Å²) in [6.07, 6.45) is 0. The smallest absolute Gasteiger partial charge is 0.253 e. The molecule has 2 aromatic rings. The zero-order valence-corrected chi connectivity index (χ0v) is 11.5. The number of phenols is 1. The first-order valence-electron chi connectivity index (χ1n) is 5.79. The molecule has 0 aromatic heterocycles. The molecule has 0 saturated carbocycles. The highest BCUT2D eigenvalue weighted by atomic mass is 35.5. The van der Waals surface area contributed by atoms with Gasteiger partial charge in [0.25, 0.3) is 5.91 Å². The zero-order valence-electron chi connectivity index (χ0n) is 10.7. The number of hydrogen-bond acceptors (Lipinski definition) is 2. The second-order valence-electron chi connectivity index (χ2n) is 4.44. The molecule has 19 heavy (non-hydrogen) atoms. The Labute approximate surface area is 117 Å². The molecule has 0 aliphatic carbocycles. The van der Waals surface area contributed by atoms with Gasteiger partial charge in [-0.05, 0) is 35.4 Å². The second-order valence-corrected chi connectivity index (χ2v) is 4.85. The fourth-order valence-corrected chi connectivity index (χ4v) is 1.87. The molecule has 0 unspecified atom stereocenters.